The quantitative estimate of drug-likeness (QED) is 0.657. The lowest BCUT2D eigenvalue weighted by Crippen LogP contribution is -2.26. The number of benzene rings is 1. The van der Waals surface area contributed by atoms with Crippen molar-refractivity contribution >= 4 is 23.9 Å². The fraction of sp³-hybridized carbons (Fsp3) is 0.267. The van der Waals surface area contributed by atoms with Crippen molar-refractivity contribution in [3.63, 3.8) is 0 Å². The summed E-state index contributed by atoms with van der Waals surface area (Å²) < 4.78 is 9.45. The molecule has 0 bridgehead atoms. The lowest BCUT2D eigenvalue weighted by molar-refractivity contribution is -0.139. The maximum atomic E-state index is 11.7. The molecule has 112 valence electrons. The zero-order valence-electron chi connectivity index (χ0n) is 12.1. The fourth-order valence-corrected chi connectivity index (χ4v) is 1.54. The van der Waals surface area contributed by atoms with E-state index in [4.69, 9.17) is 4.74 Å². The van der Waals surface area contributed by atoms with Gasteiger partial charge in [0.25, 0.3) is 0 Å². The van der Waals surface area contributed by atoms with E-state index in [0.29, 0.717) is 11.1 Å². The number of hydrogen-bond acceptors (Lipinski definition) is 5. The van der Waals surface area contributed by atoms with E-state index in [1.807, 2.05) is 0 Å². The normalized spacial score (nSPS) is 10.7. The Hall–Kier alpha value is -2.63. The van der Waals surface area contributed by atoms with E-state index in [2.05, 4.69) is 10.1 Å². The number of amides is 1. The molecule has 0 saturated heterocycles. The van der Waals surface area contributed by atoms with E-state index in [1.54, 1.807) is 31.2 Å². The van der Waals surface area contributed by atoms with E-state index in [1.165, 1.54) is 20.1 Å². The highest BCUT2D eigenvalue weighted by molar-refractivity contribution is 5.97. The van der Waals surface area contributed by atoms with E-state index in [-0.39, 0.29) is 18.2 Å². The lowest BCUT2D eigenvalue weighted by Gasteiger charge is -2.07. The van der Waals surface area contributed by atoms with E-state index >= 15 is 0 Å². The number of carbonyl (C=O) groups excluding carboxylic acids is 3. The third kappa shape index (κ3) is 5.10. The Balaban J connectivity index is 3.01. The minimum Gasteiger partial charge on any atom is -0.465 e. The molecule has 0 atom stereocenters. The van der Waals surface area contributed by atoms with Crippen LogP contribution in [0.15, 0.2) is 30.0 Å². The molecule has 1 amide bonds. The molecule has 6 heteroatoms. The molecule has 1 aromatic carbocycles. The zero-order chi connectivity index (χ0) is 15.8. The molecule has 21 heavy (non-hydrogen) atoms. The first-order chi connectivity index (χ1) is 9.97. The van der Waals surface area contributed by atoms with Gasteiger partial charge in [-0.1, -0.05) is 12.1 Å². The van der Waals surface area contributed by atoms with Crippen LogP contribution in [0, 0.1) is 0 Å². The largest absolute Gasteiger partial charge is 0.465 e. The second kappa shape index (κ2) is 7.84. The standard InChI is InChI=1S/C15H17NO5/c1-4-21-15(19)13(16-10(2)17)9-11-5-7-12(8-6-11)14(18)20-3/h5-9H,4H2,1-3H3,(H,16,17)/b13-9+. The third-order valence-electron chi connectivity index (χ3n) is 2.45. The molecule has 0 aromatic heterocycles. The summed E-state index contributed by atoms with van der Waals surface area (Å²) in [5.74, 6) is -1.44. The van der Waals surface area contributed by atoms with Crippen molar-refractivity contribution < 1.29 is 23.9 Å². The summed E-state index contributed by atoms with van der Waals surface area (Å²) in [6, 6.07) is 6.39. The molecular formula is C15H17NO5. The number of nitrogens with one attached hydrogen (secondary N) is 1. The van der Waals surface area contributed by atoms with Crippen molar-refractivity contribution in [3.05, 3.63) is 41.1 Å². The van der Waals surface area contributed by atoms with Crippen LogP contribution in [0.1, 0.15) is 29.8 Å². The summed E-state index contributed by atoms with van der Waals surface area (Å²) in [4.78, 5) is 34.2. The van der Waals surface area contributed by atoms with Crippen molar-refractivity contribution in [2.45, 2.75) is 13.8 Å². The van der Waals surface area contributed by atoms with Crippen molar-refractivity contribution in [3.8, 4) is 0 Å². The second-order valence-electron chi connectivity index (χ2n) is 4.07. The summed E-state index contributed by atoms with van der Waals surface area (Å²) in [6.45, 7) is 3.18. The van der Waals surface area contributed by atoms with Crippen LogP contribution in [0.25, 0.3) is 6.08 Å². The highest BCUT2D eigenvalue weighted by atomic mass is 16.5. The first kappa shape index (κ1) is 16.4. The van der Waals surface area contributed by atoms with Crippen molar-refractivity contribution in [2.24, 2.45) is 0 Å². The van der Waals surface area contributed by atoms with Crippen LogP contribution in [0.2, 0.25) is 0 Å². The van der Waals surface area contributed by atoms with Gasteiger partial charge in [-0.25, -0.2) is 9.59 Å². The molecule has 0 aliphatic heterocycles. The lowest BCUT2D eigenvalue weighted by atomic mass is 10.1. The summed E-state index contributed by atoms with van der Waals surface area (Å²) >= 11 is 0. The topological polar surface area (TPSA) is 81.7 Å². The van der Waals surface area contributed by atoms with E-state index < -0.39 is 11.9 Å². The Labute approximate surface area is 122 Å². The van der Waals surface area contributed by atoms with Gasteiger partial charge in [-0.05, 0) is 30.7 Å². The van der Waals surface area contributed by atoms with Crippen molar-refractivity contribution in [1.29, 1.82) is 0 Å². The molecule has 0 unspecified atom stereocenters. The third-order valence-corrected chi connectivity index (χ3v) is 2.45. The number of esters is 2. The molecule has 0 aliphatic rings. The minimum absolute atomic E-state index is 0.0372. The maximum absolute atomic E-state index is 11.7. The Kier molecular flexibility index (Phi) is 6.13. The Bertz CT molecular complexity index is 560. The summed E-state index contributed by atoms with van der Waals surface area (Å²) in [5, 5.41) is 2.42. The van der Waals surface area contributed by atoms with Crippen LogP contribution >= 0.6 is 0 Å². The number of methoxy groups -OCH3 is 1. The van der Waals surface area contributed by atoms with Gasteiger partial charge in [0.1, 0.15) is 5.70 Å². The van der Waals surface area contributed by atoms with Gasteiger partial charge in [-0.15, -0.1) is 0 Å². The van der Waals surface area contributed by atoms with Gasteiger partial charge in [-0.2, -0.15) is 0 Å². The van der Waals surface area contributed by atoms with Gasteiger partial charge >= 0.3 is 11.9 Å². The highest BCUT2D eigenvalue weighted by Gasteiger charge is 2.12. The number of rotatable bonds is 5. The number of carbonyl (C=O) groups is 3. The van der Waals surface area contributed by atoms with Crippen molar-refractivity contribution in [1.82, 2.24) is 5.32 Å². The zero-order valence-corrected chi connectivity index (χ0v) is 12.1. The first-order valence-electron chi connectivity index (χ1n) is 6.32. The van der Waals surface area contributed by atoms with Gasteiger partial charge in [0.15, 0.2) is 0 Å². The SMILES string of the molecule is CCOC(=O)/C(=C\c1ccc(C(=O)OC)cc1)NC(C)=O. The first-order valence-corrected chi connectivity index (χ1v) is 6.32. The molecular weight excluding hydrogens is 274 g/mol. The van der Waals surface area contributed by atoms with Gasteiger partial charge in [0.2, 0.25) is 5.91 Å². The van der Waals surface area contributed by atoms with Gasteiger partial charge < -0.3 is 14.8 Å². The molecule has 1 N–H and O–H groups in total. The van der Waals surface area contributed by atoms with Crippen LogP contribution in [0.3, 0.4) is 0 Å². The summed E-state index contributed by atoms with van der Waals surface area (Å²) in [6.07, 6.45) is 1.47. The van der Waals surface area contributed by atoms with Gasteiger partial charge in [0.05, 0.1) is 19.3 Å². The van der Waals surface area contributed by atoms with Crippen LogP contribution in [0.5, 0.6) is 0 Å². The molecule has 1 rings (SSSR count). The molecule has 0 spiro atoms. The Morgan fingerprint density at radius 3 is 2.29 bits per heavy atom. The monoisotopic (exact) mass is 291 g/mol. The molecule has 6 nitrogen and oxygen atoms in total. The average Bonchev–Trinajstić information content (AvgIpc) is 2.46. The van der Waals surface area contributed by atoms with Crippen LogP contribution in [0.4, 0.5) is 0 Å². The summed E-state index contributed by atoms with van der Waals surface area (Å²) in [5.41, 5.74) is 1.07. The van der Waals surface area contributed by atoms with Gasteiger partial charge in [0, 0.05) is 6.92 Å². The molecule has 0 fully saturated rings. The average molecular weight is 291 g/mol. The van der Waals surface area contributed by atoms with Gasteiger partial charge in [-0.3, -0.25) is 4.79 Å². The van der Waals surface area contributed by atoms with Crippen molar-refractivity contribution in [2.75, 3.05) is 13.7 Å². The molecule has 0 heterocycles. The Morgan fingerprint density at radius 1 is 1.19 bits per heavy atom. The van der Waals surface area contributed by atoms with E-state index in [9.17, 15) is 14.4 Å². The second-order valence-corrected chi connectivity index (χ2v) is 4.07. The van der Waals surface area contributed by atoms with Crippen LogP contribution < -0.4 is 5.32 Å². The smallest absolute Gasteiger partial charge is 0.354 e. The van der Waals surface area contributed by atoms with E-state index in [0.717, 1.165) is 0 Å². The molecule has 0 radical (unpaired) electrons. The molecule has 0 aliphatic carbocycles. The number of ether oxygens (including phenoxy) is 2. The fourth-order valence-electron chi connectivity index (χ4n) is 1.54. The summed E-state index contributed by atoms with van der Waals surface area (Å²) in [7, 11) is 1.30. The maximum Gasteiger partial charge on any atom is 0.354 e. The highest BCUT2D eigenvalue weighted by Crippen LogP contribution is 2.10. The Morgan fingerprint density at radius 2 is 1.81 bits per heavy atom. The minimum atomic E-state index is -0.621. The van der Waals surface area contributed by atoms with Crippen LogP contribution in [-0.4, -0.2) is 31.6 Å². The molecule has 1 aromatic rings. The van der Waals surface area contributed by atoms with Crippen LogP contribution in [-0.2, 0) is 19.1 Å². The predicted molar refractivity (Wildman–Crippen MR) is 76.2 cm³/mol. The predicted octanol–water partition coefficient (Wildman–Crippen LogP) is 1.51. The number of hydrogen-bond donors (Lipinski definition) is 1. The molecule has 0 saturated carbocycles.